The lowest BCUT2D eigenvalue weighted by molar-refractivity contribution is 0.0921. The van der Waals surface area contributed by atoms with E-state index in [0.29, 0.717) is 6.61 Å². The minimum absolute atomic E-state index is 0.129. The molecular weight excluding hydrogens is 395 g/mol. The highest BCUT2D eigenvalue weighted by Crippen LogP contribution is 2.69. The zero-order valence-corrected chi connectivity index (χ0v) is 17.6. The highest BCUT2D eigenvalue weighted by molar-refractivity contribution is 7.96. The number of hydrogen-bond acceptors (Lipinski definition) is 1. The highest BCUT2D eigenvalue weighted by Gasteiger charge is 2.57. The van der Waals surface area contributed by atoms with Gasteiger partial charge in [0.05, 0.1) is 11.6 Å². The molecule has 0 saturated heterocycles. The molecule has 0 N–H and O–H groups in total. The van der Waals surface area contributed by atoms with Crippen LogP contribution in [0.15, 0.2) is 109 Å². The van der Waals surface area contributed by atoms with Crippen molar-refractivity contribution in [2.24, 2.45) is 0 Å². The summed E-state index contributed by atoms with van der Waals surface area (Å²) < 4.78 is 6.66. The van der Waals surface area contributed by atoms with Gasteiger partial charge in [-0.25, -0.2) is 0 Å². The molecule has 1 aliphatic heterocycles. The Balaban J connectivity index is 1.90. The molecule has 4 aromatic carbocycles. The van der Waals surface area contributed by atoms with Crippen LogP contribution in [0.4, 0.5) is 0 Å². The summed E-state index contributed by atoms with van der Waals surface area (Å²) in [5.74, 6) is -0.129. The predicted molar refractivity (Wildman–Crippen MR) is 124 cm³/mol. The third-order valence-corrected chi connectivity index (χ3v) is 10.5. The molecule has 4 aromatic rings. The largest absolute Gasteiger partial charge is 0.334 e. The number of benzene rings is 4. The van der Waals surface area contributed by atoms with Crippen LogP contribution >= 0.6 is 18.9 Å². The fourth-order valence-corrected chi connectivity index (χ4v) is 9.48. The number of halogens is 1. The lowest BCUT2D eigenvalue weighted by Gasteiger charge is -2.39. The van der Waals surface area contributed by atoms with Gasteiger partial charge >= 0.3 is 0 Å². The van der Waals surface area contributed by atoms with Crippen molar-refractivity contribution in [2.45, 2.75) is 12.5 Å². The Labute approximate surface area is 177 Å². The molecule has 0 amide bonds. The van der Waals surface area contributed by atoms with Crippen molar-refractivity contribution in [3.8, 4) is 0 Å². The fourth-order valence-electron chi connectivity index (χ4n) is 4.38. The zero-order valence-electron chi connectivity index (χ0n) is 15.9. The summed E-state index contributed by atoms with van der Waals surface area (Å²) in [6, 6.07) is 38.5. The summed E-state index contributed by atoms with van der Waals surface area (Å²) >= 11 is 6.72. The van der Waals surface area contributed by atoms with E-state index in [0.717, 1.165) is 10.6 Å². The van der Waals surface area contributed by atoms with Gasteiger partial charge in [-0.1, -0.05) is 84.4 Å². The highest BCUT2D eigenvalue weighted by atomic mass is 35.5. The van der Waals surface area contributed by atoms with Gasteiger partial charge in [0, 0.05) is 11.1 Å². The number of hydrogen-bond donors (Lipinski definition) is 0. The molecule has 0 spiro atoms. The monoisotopic (exact) mass is 415 g/mol. The van der Waals surface area contributed by atoms with Gasteiger partial charge in [0.25, 0.3) is 0 Å². The third kappa shape index (κ3) is 3.02. The fraction of sp³-hybridized carbons (Fsp3) is 0.0769. The maximum absolute atomic E-state index is 6.72. The Bertz CT molecular complexity index is 1090. The molecule has 1 aliphatic rings. The van der Waals surface area contributed by atoms with E-state index in [1.807, 2.05) is 12.1 Å². The zero-order chi connectivity index (χ0) is 19.7. The van der Waals surface area contributed by atoms with Crippen LogP contribution in [0.1, 0.15) is 17.0 Å². The van der Waals surface area contributed by atoms with E-state index in [1.54, 1.807) is 0 Å². The average molecular weight is 416 g/mol. The van der Waals surface area contributed by atoms with Crippen LogP contribution in [0.3, 0.4) is 0 Å². The lowest BCUT2D eigenvalue weighted by atomic mass is 10.2. The maximum atomic E-state index is 6.72. The molecule has 1 unspecified atom stereocenters. The molecule has 0 aromatic heterocycles. The quantitative estimate of drug-likeness (QED) is 0.381. The van der Waals surface area contributed by atoms with Gasteiger partial charge in [0.2, 0.25) is 5.85 Å². The molecule has 3 heteroatoms. The molecule has 1 nitrogen and oxygen atoms in total. The van der Waals surface area contributed by atoms with E-state index in [-0.39, 0.29) is 5.85 Å². The summed E-state index contributed by atoms with van der Waals surface area (Å²) in [4.78, 5) is 0. The van der Waals surface area contributed by atoms with Crippen LogP contribution in [-0.4, -0.2) is 0 Å². The van der Waals surface area contributed by atoms with Crippen molar-refractivity contribution in [3.63, 3.8) is 0 Å². The summed E-state index contributed by atoms with van der Waals surface area (Å²) in [7, 11) is -2.15. The second-order valence-corrected chi connectivity index (χ2v) is 11.0. The van der Waals surface area contributed by atoms with Gasteiger partial charge in [0.1, 0.15) is 23.2 Å². The molecular formula is C26H21ClOP+. The molecule has 1 atom stereocenters. The number of ether oxygens (including phenoxy) is 1. The Morgan fingerprint density at radius 1 is 0.655 bits per heavy atom. The van der Waals surface area contributed by atoms with Crippen LogP contribution in [0.2, 0.25) is 5.02 Å². The van der Waals surface area contributed by atoms with Gasteiger partial charge in [-0.2, -0.15) is 0 Å². The van der Waals surface area contributed by atoms with E-state index in [4.69, 9.17) is 16.3 Å². The van der Waals surface area contributed by atoms with Gasteiger partial charge < -0.3 is 4.74 Å². The van der Waals surface area contributed by atoms with E-state index < -0.39 is 7.26 Å². The van der Waals surface area contributed by atoms with Gasteiger partial charge in [-0.3, -0.25) is 0 Å². The summed E-state index contributed by atoms with van der Waals surface area (Å²) in [5, 5.41) is 4.76. The second-order valence-electron chi connectivity index (χ2n) is 7.21. The first-order chi connectivity index (χ1) is 14.3. The Kier molecular flexibility index (Phi) is 4.97. The molecule has 0 fully saturated rings. The number of fused-ring (bicyclic) bond motifs is 1. The van der Waals surface area contributed by atoms with Gasteiger partial charge in [-0.15, -0.1) is 0 Å². The van der Waals surface area contributed by atoms with Crippen molar-refractivity contribution in [2.75, 3.05) is 0 Å². The molecule has 1 heterocycles. The maximum Gasteiger partial charge on any atom is 0.208 e. The van der Waals surface area contributed by atoms with Crippen LogP contribution < -0.4 is 15.9 Å². The van der Waals surface area contributed by atoms with Crippen LogP contribution in [0.5, 0.6) is 0 Å². The summed E-state index contributed by atoms with van der Waals surface area (Å²) in [6.45, 7) is 0.591. The van der Waals surface area contributed by atoms with Crippen LogP contribution in [-0.2, 0) is 11.3 Å². The lowest BCUT2D eigenvalue weighted by Crippen LogP contribution is -2.40. The topological polar surface area (TPSA) is 9.23 Å². The molecule has 29 heavy (non-hydrogen) atoms. The minimum Gasteiger partial charge on any atom is -0.334 e. The van der Waals surface area contributed by atoms with Crippen molar-refractivity contribution in [1.82, 2.24) is 0 Å². The van der Waals surface area contributed by atoms with Gasteiger partial charge in [0.15, 0.2) is 0 Å². The second kappa shape index (κ2) is 7.76. The van der Waals surface area contributed by atoms with E-state index in [9.17, 15) is 0 Å². The van der Waals surface area contributed by atoms with Crippen molar-refractivity contribution in [1.29, 1.82) is 0 Å². The first-order valence-electron chi connectivity index (χ1n) is 9.76. The normalized spacial score (nSPS) is 17.5. The minimum atomic E-state index is -2.15. The van der Waals surface area contributed by atoms with Crippen molar-refractivity contribution < 1.29 is 4.74 Å². The predicted octanol–water partition coefficient (Wildman–Crippen LogP) is 5.86. The summed E-state index contributed by atoms with van der Waals surface area (Å²) in [6.07, 6.45) is 0. The van der Waals surface area contributed by atoms with Crippen molar-refractivity contribution in [3.05, 3.63) is 125 Å². The third-order valence-electron chi connectivity index (χ3n) is 5.62. The van der Waals surface area contributed by atoms with E-state index >= 15 is 0 Å². The number of rotatable bonds is 3. The Hall–Kier alpha value is -2.44. The Morgan fingerprint density at radius 2 is 1.21 bits per heavy atom. The van der Waals surface area contributed by atoms with Gasteiger partial charge in [-0.05, 0) is 36.4 Å². The van der Waals surface area contributed by atoms with E-state index in [2.05, 4.69) is 97.1 Å². The van der Waals surface area contributed by atoms with Crippen LogP contribution in [0.25, 0.3) is 0 Å². The molecule has 142 valence electrons. The molecule has 5 rings (SSSR count). The summed E-state index contributed by atoms with van der Waals surface area (Å²) in [5.41, 5.74) is 2.32. The van der Waals surface area contributed by atoms with Crippen LogP contribution in [0, 0.1) is 0 Å². The molecule has 0 radical (unpaired) electrons. The average Bonchev–Trinajstić information content (AvgIpc) is 2.80. The van der Waals surface area contributed by atoms with E-state index in [1.165, 1.54) is 21.5 Å². The van der Waals surface area contributed by atoms with Crippen molar-refractivity contribution >= 4 is 34.8 Å². The smallest absolute Gasteiger partial charge is 0.208 e. The molecule has 0 aliphatic carbocycles. The first kappa shape index (κ1) is 18.6. The SMILES string of the molecule is Clc1ccccc1C1OCc2ccccc2[P+]1(c1ccccc1)c1ccccc1. The first-order valence-corrected chi connectivity index (χ1v) is 12.0. The molecule has 0 saturated carbocycles. The Morgan fingerprint density at radius 3 is 1.86 bits per heavy atom. The standard InChI is InChI=1S/C26H21ClOP/c27-24-17-9-8-16-23(24)26-28-19-20-11-7-10-18-25(20)29(26,21-12-3-1-4-13-21)22-14-5-2-6-15-22/h1-18,26H,19H2/q+1. The molecule has 0 bridgehead atoms.